The molecule has 0 aromatic carbocycles. The zero-order chi connectivity index (χ0) is 11.7. The highest BCUT2D eigenvalue weighted by molar-refractivity contribution is 8.08. The summed E-state index contributed by atoms with van der Waals surface area (Å²) >= 11 is 11.1. The predicted molar refractivity (Wildman–Crippen MR) is 76.4 cm³/mol. The molecule has 0 aliphatic carbocycles. The fourth-order valence-electron chi connectivity index (χ4n) is 1.54. The Morgan fingerprint density at radius 2 is 2.19 bits per heavy atom. The van der Waals surface area contributed by atoms with E-state index in [1.807, 2.05) is 17.1 Å². The second-order valence-electron chi connectivity index (χ2n) is 3.83. The molecule has 0 amide bonds. The van der Waals surface area contributed by atoms with Crippen LogP contribution in [-0.4, -0.2) is 27.3 Å². The molecule has 2 heterocycles. The molecule has 1 aliphatic heterocycles. The van der Waals surface area contributed by atoms with E-state index in [1.165, 1.54) is 11.3 Å². The Morgan fingerprint density at radius 1 is 1.44 bits per heavy atom. The molecule has 16 heavy (non-hydrogen) atoms. The normalized spacial score (nSPS) is 30.3. The summed E-state index contributed by atoms with van der Waals surface area (Å²) in [7, 11) is 0. The van der Waals surface area contributed by atoms with E-state index in [2.05, 4.69) is 13.8 Å². The van der Waals surface area contributed by atoms with Gasteiger partial charge in [-0.3, -0.25) is 4.79 Å². The maximum absolute atomic E-state index is 12.2. The van der Waals surface area contributed by atoms with Crippen molar-refractivity contribution in [2.75, 3.05) is 5.75 Å². The number of halogens is 1. The minimum atomic E-state index is 0.0762. The largest absolute Gasteiger partial charge is 0.292 e. The van der Waals surface area contributed by atoms with Crippen LogP contribution in [0.1, 0.15) is 23.5 Å². The van der Waals surface area contributed by atoms with Gasteiger partial charge in [0.1, 0.15) is 0 Å². The fourth-order valence-corrected chi connectivity index (χ4v) is 5.62. The van der Waals surface area contributed by atoms with Crippen molar-refractivity contribution in [3.05, 3.63) is 21.3 Å². The van der Waals surface area contributed by atoms with Crippen LogP contribution in [0, 0.1) is 0 Å². The van der Waals surface area contributed by atoms with Crippen LogP contribution in [0.5, 0.6) is 0 Å². The van der Waals surface area contributed by atoms with Crippen molar-refractivity contribution in [2.24, 2.45) is 0 Å². The summed E-state index contributed by atoms with van der Waals surface area (Å²) in [5.74, 6) is 1.11. The van der Waals surface area contributed by atoms with Gasteiger partial charge in [0.15, 0.2) is 5.78 Å². The number of rotatable bonds is 2. The van der Waals surface area contributed by atoms with Crippen LogP contribution < -0.4 is 0 Å². The Hall–Kier alpha value is 0.360. The van der Waals surface area contributed by atoms with Crippen LogP contribution in [0.3, 0.4) is 0 Å². The highest BCUT2D eigenvalue weighted by atomic mass is 35.5. The Bertz CT molecular complexity index is 390. The SMILES string of the molecule is CC1SCC(C(=O)c2sccc2Cl)SC1C. The number of thiophene rings is 1. The molecule has 1 aliphatic rings. The van der Waals surface area contributed by atoms with Gasteiger partial charge in [-0.1, -0.05) is 25.4 Å². The minimum Gasteiger partial charge on any atom is -0.292 e. The average molecular weight is 293 g/mol. The van der Waals surface area contributed by atoms with E-state index >= 15 is 0 Å². The highest BCUT2D eigenvalue weighted by Crippen LogP contribution is 2.38. The van der Waals surface area contributed by atoms with Gasteiger partial charge in [-0.2, -0.15) is 11.8 Å². The summed E-state index contributed by atoms with van der Waals surface area (Å²) < 4.78 is 0. The summed E-state index contributed by atoms with van der Waals surface area (Å²) in [5.41, 5.74) is 0. The summed E-state index contributed by atoms with van der Waals surface area (Å²) in [6, 6.07) is 1.80. The monoisotopic (exact) mass is 292 g/mol. The van der Waals surface area contributed by atoms with Crippen molar-refractivity contribution < 1.29 is 4.79 Å². The first-order valence-corrected chi connectivity index (χ1v) is 8.38. The smallest absolute Gasteiger partial charge is 0.188 e. The first-order chi connectivity index (χ1) is 7.59. The third-order valence-electron chi connectivity index (χ3n) is 2.68. The van der Waals surface area contributed by atoms with E-state index in [-0.39, 0.29) is 11.0 Å². The molecule has 0 bridgehead atoms. The van der Waals surface area contributed by atoms with Gasteiger partial charge in [0.05, 0.1) is 15.1 Å². The topological polar surface area (TPSA) is 17.1 Å². The van der Waals surface area contributed by atoms with Crippen molar-refractivity contribution in [1.29, 1.82) is 0 Å². The maximum atomic E-state index is 12.2. The molecule has 88 valence electrons. The van der Waals surface area contributed by atoms with Gasteiger partial charge in [-0.05, 0) is 11.4 Å². The minimum absolute atomic E-state index is 0.0762. The first-order valence-electron chi connectivity index (χ1n) is 5.14. The Balaban J connectivity index is 2.09. The van der Waals surface area contributed by atoms with E-state index in [9.17, 15) is 4.79 Å². The maximum Gasteiger partial charge on any atom is 0.188 e. The van der Waals surface area contributed by atoms with Crippen molar-refractivity contribution in [1.82, 2.24) is 0 Å². The van der Waals surface area contributed by atoms with Gasteiger partial charge in [0.2, 0.25) is 0 Å². The molecule has 2 rings (SSSR count). The number of carbonyl (C=O) groups excluding carboxylic acids is 1. The van der Waals surface area contributed by atoms with Crippen molar-refractivity contribution in [2.45, 2.75) is 29.6 Å². The Labute approximate surface area is 113 Å². The van der Waals surface area contributed by atoms with Crippen LogP contribution in [-0.2, 0) is 0 Å². The molecule has 1 aromatic rings. The van der Waals surface area contributed by atoms with Crippen molar-refractivity contribution >= 4 is 52.2 Å². The molecule has 3 atom stereocenters. The van der Waals surface area contributed by atoms with Crippen LogP contribution in [0.4, 0.5) is 0 Å². The molecular weight excluding hydrogens is 280 g/mol. The third kappa shape index (κ3) is 2.61. The molecule has 5 heteroatoms. The zero-order valence-electron chi connectivity index (χ0n) is 9.10. The third-order valence-corrected chi connectivity index (χ3v) is 7.43. The van der Waals surface area contributed by atoms with E-state index in [1.54, 1.807) is 17.8 Å². The number of carbonyl (C=O) groups is 1. The summed E-state index contributed by atoms with van der Waals surface area (Å²) in [6.45, 7) is 4.42. The molecule has 1 saturated heterocycles. The lowest BCUT2D eigenvalue weighted by atomic mass is 10.2. The van der Waals surface area contributed by atoms with Gasteiger partial charge in [-0.15, -0.1) is 23.1 Å². The molecule has 3 unspecified atom stereocenters. The van der Waals surface area contributed by atoms with Gasteiger partial charge in [-0.25, -0.2) is 0 Å². The highest BCUT2D eigenvalue weighted by Gasteiger charge is 2.32. The molecular formula is C11H13ClOS3. The van der Waals surface area contributed by atoms with Crippen LogP contribution in [0.15, 0.2) is 11.4 Å². The fraction of sp³-hybridized carbons (Fsp3) is 0.545. The average Bonchev–Trinajstić information content (AvgIpc) is 2.67. The van der Waals surface area contributed by atoms with E-state index in [4.69, 9.17) is 11.6 Å². The number of ketones is 1. The van der Waals surface area contributed by atoms with Gasteiger partial charge in [0.25, 0.3) is 0 Å². The van der Waals surface area contributed by atoms with Crippen molar-refractivity contribution in [3.63, 3.8) is 0 Å². The van der Waals surface area contributed by atoms with Gasteiger partial charge in [0, 0.05) is 16.3 Å². The lowest BCUT2D eigenvalue weighted by molar-refractivity contribution is 0.0999. The Morgan fingerprint density at radius 3 is 2.75 bits per heavy atom. The number of hydrogen-bond donors (Lipinski definition) is 0. The van der Waals surface area contributed by atoms with Crippen molar-refractivity contribution in [3.8, 4) is 0 Å². The number of thioether (sulfide) groups is 2. The second kappa shape index (κ2) is 5.34. The molecule has 0 spiro atoms. The first kappa shape index (κ1) is 12.8. The zero-order valence-corrected chi connectivity index (χ0v) is 12.3. The predicted octanol–water partition coefficient (Wildman–Crippen LogP) is 4.21. The van der Waals surface area contributed by atoms with Gasteiger partial charge >= 0.3 is 0 Å². The van der Waals surface area contributed by atoms with E-state index in [0.717, 1.165) is 10.6 Å². The lowest BCUT2D eigenvalue weighted by Gasteiger charge is -2.30. The molecule has 1 aromatic heterocycles. The molecule has 1 fully saturated rings. The quantitative estimate of drug-likeness (QED) is 0.760. The number of Topliss-reactive ketones (excluding diaryl/α,β-unsaturated/α-hetero) is 1. The summed E-state index contributed by atoms with van der Waals surface area (Å²) in [4.78, 5) is 12.9. The summed E-state index contributed by atoms with van der Waals surface area (Å²) in [6.07, 6.45) is 0. The summed E-state index contributed by atoms with van der Waals surface area (Å²) in [5, 5.41) is 3.72. The van der Waals surface area contributed by atoms with Gasteiger partial charge < -0.3 is 0 Å². The molecule has 1 nitrogen and oxygen atoms in total. The molecule has 0 N–H and O–H groups in total. The van der Waals surface area contributed by atoms with Crippen LogP contribution >= 0.6 is 46.5 Å². The second-order valence-corrected chi connectivity index (χ2v) is 8.15. The van der Waals surface area contributed by atoms with Crippen LogP contribution in [0.2, 0.25) is 5.02 Å². The molecule has 0 saturated carbocycles. The number of hydrogen-bond acceptors (Lipinski definition) is 4. The Kier molecular flexibility index (Phi) is 4.27. The van der Waals surface area contributed by atoms with Crippen LogP contribution in [0.25, 0.3) is 0 Å². The van der Waals surface area contributed by atoms with E-state index in [0.29, 0.717) is 15.5 Å². The standard InChI is InChI=1S/C11H13ClOS3/c1-6-7(2)16-9(5-15-6)10(13)11-8(12)3-4-14-11/h3-4,6-7,9H,5H2,1-2H3. The van der Waals surface area contributed by atoms with E-state index < -0.39 is 0 Å². The molecule has 0 radical (unpaired) electrons. The lowest BCUT2D eigenvalue weighted by Crippen LogP contribution is -2.31.